The molecule has 0 spiro atoms. The molecule has 0 fully saturated rings. The van der Waals surface area contributed by atoms with Crippen molar-refractivity contribution >= 4 is 5.69 Å². The van der Waals surface area contributed by atoms with E-state index in [1.165, 1.54) is 27.9 Å². The highest BCUT2D eigenvalue weighted by molar-refractivity contribution is 5.81. The van der Waals surface area contributed by atoms with Gasteiger partial charge < -0.3 is 5.32 Å². The standard InChI is InChI=1S/C16H17N/c1-2-12-6-8-13(9-7-12)15-5-3-4-14-10-11-17-16(14)15/h3-9,17H,2,10-11H2,1H3. The summed E-state index contributed by atoms with van der Waals surface area (Å²) in [7, 11) is 0. The Hall–Kier alpha value is -1.76. The van der Waals surface area contributed by atoms with Crippen LogP contribution in [0.5, 0.6) is 0 Å². The van der Waals surface area contributed by atoms with E-state index in [-0.39, 0.29) is 0 Å². The molecule has 2 aromatic rings. The Morgan fingerprint density at radius 1 is 1.06 bits per heavy atom. The van der Waals surface area contributed by atoms with E-state index in [2.05, 4.69) is 54.7 Å². The fourth-order valence-corrected chi connectivity index (χ4v) is 2.50. The SMILES string of the molecule is CCc1ccc(-c2cccc3c2NCC3)cc1. The molecule has 0 atom stereocenters. The highest BCUT2D eigenvalue weighted by Gasteiger charge is 2.14. The summed E-state index contributed by atoms with van der Waals surface area (Å²) >= 11 is 0. The summed E-state index contributed by atoms with van der Waals surface area (Å²) in [4.78, 5) is 0. The van der Waals surface area contributed by atoms with Crippen molar-refractivity contribution in [3.05, 3.63) is 53.6 Å². The molecule has 0 saturated carbocycles. The van der Waals surface area contributed by atoms with Crippen LogP contribution in [0.4, 0.5) is 5.69 Å². The number of nitrogens with one attached hydrogen (secondary N) is 1. The molecule has 2 aromatic carbocycles. The number of aryl methyl sites for hydroxylation is 1. The fraction of sp³-hybridized carbons (Fsp3) is 0.250. The minimum Gasteiger partial charge on any atom is -0.384 e. The summed E-state index contributed by atoms with van der Waals surface area (Å²) in [6.45, 7) is 3.26. The first kappa shape index (κ1) is 10.4. The van der Waals surface area contributed by atoms with Crippen LogP contribution in [-0.4, -0.2) is 6.54 Å². The largest absolute Gasteiger partial charge is 0.384 e. The van der Waals surface area contributed by atoms with Crippen LogP contribution >= 0.6 is 0 Å². The Balaban J connectivity index is 2.06. The number of anilines is 1. The Labute approximate surface area is 102 Å². The van der Waals surface area contributed by atoms with E-state index < -0.39 is 0 Å². The predicted octanol–water partition coefficient (Wildman–Crippen LogP) is 3.88. The van der Waals surface area contributed by atoms with E-state index in [0.717, 1.165) is 19.4 Å². The van der Waals surface area contributed by atoms with Gasteiger partial charge in [0.25, 0.3) is 0 Å². The third kappa shape index (κ3) is 1.82. The maximum atomic E-state index is 3.50. The molecule has 0 bridgehead atoms. The van der Waals surface area contributed by atoms with Gasteiger partial charge in [-0.15, -0.1) is 0 Å². The van der Waals surface area contributed by atoms with Crippen molar-refractivity contribution in [3.8, 4) is 11.1 Å². The van der Waals surface area contributed by atoms with Gasteiger partial charge in [-0.25, -0.2) is 0 Å². The highest BCUT2D eigenvalue weighted by Crippen LogP contribution is 2.34. The van der Waals surface area contributed by atoms with Crippen molar-refractivity contribution < 1.29 is 0 Å². The fourth-order valence-electron chi connectivity index (χ4n) is 2.50. The van der Waals surface area contributed by atoms with Crippen molar-refractivity contribution in [1.82, 2.24) is 0 Å². The molecule has 0 amide bonds. The second-order valence-electron chi connectivity index (χ2n) is 4.57. The summed E-state index contributed by atoms with van der Waals surface area (Å²) in [5, 5.41) is 3.50. The molecule has 1 nitrogen and oxygen atoms in total. The number of rotatable bonds is 2. The second-order valence-corrected chi connectivity index (χ2v) is 4.57. The van der Waals surface area contributed by atoms with Crippen LogP contribution in [-0.2, 0) is 12.8 Å². The summed E-state index contributed by atoms with van der Waals surface area (Å²) in [5.74, 6) is 0. The van der Waals surface area contributed by atoms with Crippen LogP contribution in [0, 0.1) is 0 Å². The molecular weight excluding hydrogens is 206 g/mol. The topological polar surface area (TPSA) is 12.0 Å². The molecule has 0 aromatic heterocycles. The van der Waals surface area contributed by atoms with Crippen molar-refractivity contribution in [2.75, 3.05) is 11.9 Å². The monoisotopic (exact) mass is 223 g/mol. The summed E-state index contributed by atoms with van der Waals surface area (Å²) in [6.07, 6.45) is 2.25. The maximum Gasteiger partial charge on any atom is 0.0453 e. The van der Waals surface area contributed by atoms with Gasteiger partial charge in [0, 0.05) is 17.8 Å². The van der Waals surface area contributed by atoms with Gasteiger partial charge >= 0.3 is 0 Å². The molecule has 17 heavy (non-hydrogen) atoms. The van der Waals surface area contributed by atoms with Gasteiger partial charge in [-0.2, -0.15) is 0 Å². The number of hydrogen-bond donors (Lipinski definition) is 1. The Morgan fingerprint density at radius 2 is 1.88 bits per heavy atom. The molecule has 1 heteroatoms. The molecule has 86 valence electrons. The minimum atomic E-state index is 1.07. The van der Waals surface area contributed by atoms with Crippen molar-refractivity contribution in [1.29, 1.82) is 0 Å². The lowest BCUT2D eigenvalue weighted by Crippen LogP contribution is -1.93. The first-order valence-electron chi connectivity index (χ1n) is 6.33. The highest BCUT2D eigenvalue weighted by atomic mass is 14.9. The average molecular weight is 223 g/mol. The van der Waals surface area contributed by atoms with Crippen LogP contribution in [0.3, 0.4) is 0 Å². The lowest BCUT2D eigenvalue weighted by Gasteiger charge is -2.09. The minimum absolute atomic E-state index is 1.07. The van der Waals surface area contributed by atoms with E-state index in [4.69, 9.17) is 0 Å². The van der Waals surface area contributed by atoms with Gasteiger partial charge in [-0.3, -0.25) is 0 Å². The van der Waals surface area contributed by atoms with Gasteiger partial charge in [0.2, 0.25) is 0 Å². The van der Waals surface area contributed by atoms with Gasteiger partial charge in [-0.05, 0) is 29.5 Å². The van der Waals surface area contributed by atoms with Gasteiger partial charge in [-0.1, -0.05) is 49.4 Å². The molecule has 0 aliphatic carbocycles. The first-order chi connectivity index (χ1) is 8.38. The third-order valence-corrected chi connectivity index (χ3v) is 3.52. The molecule has 0 saturated heterocycles. The molecule has 1 aliphatic rings. The van der Waals surface area contributed by atoms with Crippen LogP contribution in [0.25, 0.3) is 11.1 Å². The Morgan fingerprint density at radius 3 is 2.65 bits per heavy atom. The van der Waals surface area contributed by atoms with E-state index in [1.807, 2.05) is 0 Å². The van der Waals surface area contributed by atoms with E-state index >= 15 is 0 Å². The van der Waals surface area contributed by atoms with Gasteiger partial charge in [0.05, 0.1) is 0 Å². The molecule has 1 heterocycles. The van der Waals surface area contributed by atoms with Crippen molar-refractivity contribution in [2.24, 2.45) is 0 Å². The molecule has 3 rings (SSSR count). The smallest absolute Gasteiger partial charge is 0.0453 e. The van der Waals surface area contributed by atoms with Crippen molar-refractivity contribution in [2.45, 2.75) is 19.8 Å². The summed E-state index contributed by atoms with van der Waals surface area (Å²) in [5.41, 5.74) is 6.82. The molecule has 1 N–H and O–H groups in total. The Kier molecular flexibility index (Phi) is 2.60. The van der Waals surface area contributed by atoms with Crippen LogP contribution in [0.2, 0.25) is 0 Å². The van der Waals surface area contributed by atoms with Gasteiger partial charge in [0.15, 0.2) is 0 Å². The average Bonchev–Trinajstić information content (AvgIpc) is 2.87. The van der Waals surface area contributed by atoms with Crippen LogP contribution in [0.15, 0.2) is 42.5 Å². The summed E-state index contributed by atoms with van der Waals surface area (Å²) < 4.78 is 0. The number of para-hydroxylation sites is 1. The first-order valence-corrected chi connectivity index (χ1v) is 6.33. The Bertz CT molecular complexity index is 526. The molecular formula is C16H17N. The number of benzene rings is 2. The zero-order chi connectivity index (χ0) is 11.7. The van der Waals surface area contributed by atoms with E-state index in [1.54, 1.807) is 0 Å². The maximum absolute atomic E-state index is 3.50. The van der Waals surface area contributed by atoms with Crippen LogP contribution in [0.1, 0.15) is 18.1 Å². The number of fused-ring (bicyclic) bond motifs is 1. The van der Waals surface area contributed by atoms with E-state index in [9.17, 15) is 0 Å². The zero-order valence-electron chi connectivity index (χ0n) is 10.2. The lowest BCUT2D eigenvalue weighted by molar-refractivity contribution is 1.11. The zero-order valence-corrected chi connectivity index (χ0v) is 10.2. The molecule has 1 aliphatic heterocycles. The predicted molar refractivity (Wildman–Crippen MR) is 73.4 cm³/mol. The van der Waals surface area contributed by atoms with Crippen LogP contribution < -0.4 is 5.32 Å². The lowest BCUT2D eigenvalue weighted by atomic mass is 9.99. The molecule has 0 unspecified atom stereocenters. The van der Waals surface area contributed by atoms with Crippen molar-refractivity contribution in [3.63, 3.8) is 0 Å². The summed E-state index contributed by atoms with van der Waals surface area (Å²) in [6, 6.07) is 15.5. The van der Waals surface area contributed by atoms with E-state index in [0.29, 0.717) is 0 Å². The number of hydrogen-bond acceptors (Lipinski definition) is 1. The normalized spacial score (nSPS) is 13.2. The quantitative estimate of drug-likeness (QED) is 0.814. The molecule has 0 radical (unpaired) electrons. The van der Waals surface area contributed by atoms with Gasteiger partial charge in [0.1, 0.15) is 0 Å². The third-order valence-electron chi connectivity index (χ3n) is 3.52. The second kappa shape index (κ2) is 4.25.